The minimum Gasteiger partial charge on any atom is -0.435 e. The van der Waals surface area contributed by atoms with E-state index in [1.807, 2.05) is 5.01 Å². The monoisotopic (exact) mass is 467 g/mol. The summed E-state index contributed by atoms with van der Waals surface area (Å²) in [4.78, 5) is 0. The van der Waals surface area contributed by atoms with Crippen LogP contribution in [-0.2, 0) is 5.72 Å². The fraction of sp³-hybridized carbons (Fsp3) is 0.409. The van der Waals surface area contributed by atoms with Crippen molar-refractivity contribution in [3.05, 3.63) is 65.2 Å². The Kier molecular flexibility index (Phi) is 6.58. The molecular formula is C22H26BrF2N2O2+. The van der Waals surface area contributed by atoms with Gasteiger partial charge >= 0.3 is 6.61 Å². The van der Waals surface area contributed by atoms with Crippen LogP contribution in [0.3, 0.4) is 0 Å². The summed E-state index contributed by atoms with van der Waals surface area (Å²) >= 11 is 0. The molecule has 1 atom stereocenters. The van der Waals surface area contributed by atoms with Crippen molar-refractivity contribution >= 4 is 22.7 Å². The van der Waals surface area contributed by atoms with Crippen LogP contribution < -0.4 is 4.74 Å². The van der Waals surface area contributed by atoms with E-state index < -0.39 is 12.3 Å². The molecule has 4 nitrogen and oxygen atoms in total. The van der Waals surface area contributed by atoms with E-state index in [4.69, 9.17) is 0 Å². The first kappa shape index (κ1) is 21.7. The zero-order chi connectivity index (χ0) is 19.7. The number of nitrogens with zero attached hydrogens (tertiary/aromatic N) is 2. The predicted octanol–water partition coefficient (Wildman–Crippen LogP) is 4.63. The van der Waals surface area contributed by atoms with Gasteiger partial charge in [-0.2, -0.15) is 8.78 Å². The van der Waals surface area contributed by atoms with Gasteiger partial charge < -0.3 is 9.84 Å². The number of hydrogen-bond donors (Lipinski definition) is 1. The average Bonchev–Trinajstić information content (AvgIpc) is 2.83. The number of hydrogen-bond acceptors (Lipinski definition) is 3. The topological polar surface area (TPSA) is 35.7 Å². The molecule has 29 heavy (non-hydrogen) atoms. The molecule has 1 N–H and O–H groups in total. The number of rotatable bonds is 4. The second kappa shape index (κ2) is 8.79. The first-order chi connectivity index (χ1) is 13.5. The Morgan fingerprint density at radius 2 is 1.72 bits per heavy atom. The predicted molar refractivity (Wildman–Crippen MR) is 113 cm³/mol. The number of benzene rings is 2. The third kappa shape index (κ3) is 4.31. The van der Waals surface area contributed by atoms with Crippen LogP contribution in [0.15, 0.2) is 48.5 Å². The Labute approximate surface area is 180 Å². The number of hydrazone groups is 1. The number of ether oxygens (including phenoxy) is 1. The van der Waals surface area contributed by atoms with Crippen molar-refractivity contribution in [2.75, 3.05) is 13.1 Å². The lowest BCUT2D eigenvalue weighted by atomic mass is 9.94. The first-order valence-electron chi connectivity index (χ1n) is 9.73. The van der Waals surface area contributed by atoms with E-state index in [0.29, 0.717) is 12.0 Å². The third-order valence-corrected chi connectivity index (χ3v) is 5.61. The highest BCUT2D eigenvalue weighted by molar-refractivity contribution is 8.93. The molecule has 0 amide bonds. The molecule has 0 aliphatic carbocycles. The van der Waals surface area contributed by atoms with Crippen LogP contribution in [0.1, 0.15) is 42.4 Å². The molecule has 0 bridgehead atoms. The Bertz CT molecular complexity index is 871. The van der Waals surface area contributed by atoms with Crippen LogP contribution in [0, 0.1) is 6.92 Å². The van der Waals surface area contributed by atoms with Gasteiger partial charge in [-0.05, 0) is 44.0 Å². The third-order valence-electron chi connectivity index (χ3n) is 5.61. The zero-order valence-corrected chi connectivity index (χ0v) is 18.1. The van der Waals surface area contributed by atoms with Crippen molar-refractivity contribution in [2.24, 2.45) is 0 Å². The fourth-order valence-electron chi connectivity index (χ4n) is 4.17. The quantitative estimate of drug-likeness (QED) is 0.666. The highest BCUT2D eigenvalue weighted by atomic mass is 79.9. The van der Waals surface area contributed by atoms with Gasteiger partial charge in [0, 0.05) is 17.5 Å². The van der Waals surface area contributed by atoms with Crippen molar-refractivity contribution < 1.29 is 23.3 Å². The van der Waals surface area contributed by atoms with E-state index in [1.54, 1.807) is 12.1 Å². The van der Waals surface area contributed by atoms with Gasteiger partial charge in [-0.3, -0.25) is 0 Å². The zero-order valence-electron chi connectivity index (χ0n) is 16.4. The van der Waals surface area contributed by atoms with Gasteiger partial charge in [0.15, 0.2) is 6.54 Å². The number of fused-ring (bicyclic) bond motifs is 1. The molecule has 1 saturated heterocycles. The molecule has 2 aliphatic rings. The molecule has 2 aromatic carbocycles. The summed E-state index contributed by atoms with van der Waals surface area (Å²) in [5.41, 5.74) is 2.87. The Morgan fingerprint density at radius 1 is 1.03 bits per heavy atom. The summed E-state index contributed by atoms with van der Waals surface area (Å²) in [5, 5.41) is 13.8. The summed E-state index contributed by atoms with van der Waals surface area (Å²) in [7, 11) is 0. The SMILES string of the molecule is Br.Cc1ccc(C2=[N+]3CCCCCN3C(O)(c3ccc(OC(F)F)cc3)C2)cc1. The second-order valence-electron chi connectivity index (χ2n) is 7.52. The summed E-state index contributed by atoms with van der Waals surface area (Å²) in [5.74, 6) is 0.0933. The van der Waals surface area contributed by atoms with Crippen LogP contribution in [0.2, 0.25) is 0 Å². The molecule has 2 aliphatic heterocycles. The molecular weight excluding hydrogens is 442 g/mol. The van der Waals surface area contributed by atoms with Crippen LogP contribution >= 0.6 is 17.0 Å². The van der Waals surface area contributed by atoms with Gasteiger partial charge in [-0.25, -0.2) is 0 Å². The molecule has 1 unspecified atom stereocenters. The van der Waals surface area contributed by atoms with Crippen molar-refractivity contribution in [2.45, 2.75) is 44.9 Å². The largest absolute Gasteiger partial charge is 0.435 e. The van der Waals surface area contributed by atoms with E-state index in [9.17, 15) is 13.9 Å². The number of hydrazine groups is 1. The Morgan fingerprint density at radius 3 is 2.38 bits per heavy atom. The minimum atomic E-state index is -2.86. The lowest BCUT2D eigenvalue weighted by Crippen LogP contribution is -2.46. The van der Waals surface area contributed by atoms with Crippen molar-refractivity contribution in [3.63, 3.8) is 0 Å². The Balaban J connectivity index is 0.00000240. The molecule has 0 saturated carbocycles. The molecule has 7 heteroatoms. The van der Waals surface area contributed by atoms with Crippen molar-refractivity contribution in [1.82, 2.24) is 5.01 Å². The first-order valence-corrected chi connectivity index (χ1v) is 9.73. The summed E-state index contributed by atoms with van der Waals surface area (Å²) < 4.78 is 31.5. The van der Waals surface area contributed by atoms with E-state index in [1.165, 1.54) is 17.7 Å². The van der Waals surface area contributed by atoms with Crippen LogP contribution in [0.4, 0.5) is 8.78 Å². The summed E-state index contributed by atoms with van der Waals surface area (Å²) in [6, 6.07) is 14.7. The van der Waals surface area contributed by atoms with E-state index in [2.05, 4.69) is 40.6 Å². The van der Waals surface area contributed by atoms with Gasteiger partial charge in [0.25, 0.3) is 0 Å². The molecule has 2 heterocycles. The van der Waals surface area contributed by atoms with Gasteiger partial charge in [0.2, 0.25) is 11.4 Å². The lowest BCUT2D eigenvalue weighted by molar-refractivity contribution is -0.706. The maximum absolute atomic E-state index is 12.4. The second-order valence-corrected chi connectivity index (χ2v) is 7.52. The number of aryl methyl sites for hydroxylation is 1. The van der Waals surface area contributed by atoms with E-state index >= 15 is 0 Å². The average molecular weight is 468 g/mol. The van der Waals surface area contributed by atoms with Crippen LogP contribution in [-0.4, -0.2) is 40.2 Å². The fourth-order valence-corrected chi connectivity index (χ4v) is 4.17. The molecule has 1 fully saturated rings. The molecule has 0 spiro atoms. The minimum absolute atomic E-state index is 0. The van der Waals surface area contributed by atoms with Crippen molar-refractivity contribution in [3.8, 4) is 5.75 Å². The van der Waals surface area contributed by atoms with Crippen molar-refractivity contribution in [1.29, 1.82) is 0 Å². The summed E-state index contributed by atoms with van der Waals surface area (Å²) in [6.45, 7) is 0.808. The maximum Gasteiger partial charge on any atom is 0.387 e. The van der Waals surface area contributed by atoms with Crippen LogP contribution in [0.25, 0.3) is 0 Å². The van der Waals surface area contributed by atoms with Gasteiger partial charge in [-0.1, -0.05) is 29.8 Å². The molecule has 2 aromatic rings. The number of halogens is 3. The highest BCUT2D eigenvalue weighted by Crippen LogP contribution is 2.38. The smallest absolute Gasteiger partial charge is 0.387 e. The lowest BCUT2D eigenvalue weighted by Gasteiger charge is -2.30. The van der Waals surface area contributed by atoms with Crippen LogP contribution in [0.5, 0.6) is 5.75 Å². The summed E-state index contributed by atoms with van der Waals surface area (Å²) in [6.07, 6.45) is 3.65. The Hall–Kier alpha value is -1.99. The van der Waals surface area contributed by atoms with E-state index in [0.717, 1.165) is 43.6 Å². The normalized spacial score (nSPS) is 21.6. The van der Waals surface area contributed by atoms with Gasteiger partial charge in [-0.15, -0.1) is 26.7 Å². The molecule has 0 aromatic heterocycles. The number of aliphatic hydroxyl groups is 1. The molecule has 156 valence electrons. The molecule has 4 rings (SSSR count). The molecule has 0 radical (unpaired) electrons. The highest BCUT2D eigenvalue weighted by Gasteiger charge is 2.52. The standard InChI is InChI=1S/C22H25F2N2O2.BrH/c1-16-5-7-17(8-6-16)20-15-22(27,26-14-4-2-3-13-25(20)26)18-9-11-19(12-10-18)28-21(23)24;/h5-12,21,27H,2-4,13-15H2,1H3;1H/q+1;. The maximum atomic E-state index is 12.4. The number of alkyl halides is 2. The van der Waals surface area contributed by atoms with E-state index in [-0.39, 0.29) is 22.7 Å². The van der Waals surface area contributed by atoms with Gasteiger partial charge in [0.05, 0.1) is 13.0 Å². The van der Waals surface area contributed by atoms with Gasteiger partial charge in [0.1, 0.15) is 5.75 Å².